The summed E-state index contributed by atoms with van der Waals surface area (Å²) in [6, 6.07) is 5.47. The van der Waals surface area contributed by atoms with E-state index in [9.17, 15) is 4.39 Å². The largest absolute Gasteiger partial charge is 0.324 e. The van der Waals surface area contributed by atoms with Crippen LogP contribution >= 0.6 is 0 Å². The molecule has 1 aliphatic rings. The first-order valence-electron chi connectivity index (χ1n) is 6.98. The Morgan fingerprint density at radius 3 is 2.84 bits per heavy atom. The highest BCUT2D eigenvalue weighted by Gasteiger charge is 2.29. The van der Waals surface area contributed by atoms with Gasteiger partial charge in [-0.3, -0.25) is 0 Å². The minimum absolute atomic E-state index is 0.222. The SMILES string of the molecule is CC1CCNC1c1nc2cc(F)ccc2n1C(C)C. The Kier molecular flexibility index (Phi) is 3.05. The van der Waals surface area contributed by atoms with Crippen molar-refractivity contribution >= 4 is 11.0 Å². The zero-order chi connectivity index (χ0) is 13.6. The lowest BCUT2D eigenvalue weighted by molar-refractivity contribution is 0.444. The Morgan fingerprint density at radius 2 is 2.21 bits per heavy atom. The Labute approximate surface area is 112 Å². The molecule has 0 amide bonds. The van der Waals surface area contributed by atoms with Crippen LogP contribution in [0.25, 0.3) is 11.0 Å². The van der Waals surface area contributed by atoms with Gasteiger partial charge in [-0.15, -0.1) is 0 Å². The maximum atomic E-state index is 13.4. The van der Waals surface area contributed by atoms with Gasteiger partial charge in [0.05, 0.1) is 17.1 Å². The summed E-state index contributed by atoms with van der Waals surface area (Å²) in [5.74, 6) is 1.39. The van der Waals surface area contributed by atoms with Gasteiger partial charge in [-0.1, -0.05) is 6.92 Å². The minimum atomic E-state index is -0.222. The average Bonchev–Trinajstić information content (AvgIpc) is 2.91. The summed E-state index contributed by atoms with van der Waals surface area (Å²) in [6.07, 6.45) is 1.17. The number of nitrogens with zero attached hydrogens (tertiary/aromatic N) is 2. The van der Waals surface area contributed by atoms with Crippen molar-refractivity contribution in [1.29, 1.82) is 0 Å². The number of imidazole rings is 1. The van der Waals surface area contributed by atoms with Crippen LogP contribution in [0.4, 0.5) is 4.39 Å². The Morgan fingerprint density at radius 1 is 1.42 bits per heavy atom. The van der Waals surface area contributed by atoms with E-state index in [1.807, 2.05) is 6.07 Å². The van der Waals surface area contributed by atoms with Gasteiger partial charge in [0.25, 0.3) is 0 Å². The molecule has 2 heterocycles. The molecule has 2 atom stereocenters. The van der Waals surface area contributed by atoms with Gasteiger partial charge in [0.15, 0.2) is 0 Å². The summed E-state index contributed by atoms with van der Waals surface area (Å²) >= 11 is 0. The normalized spacial score (nSPS) is 23.6. The van der Waals surface area contributed by atoms with E-state index in [2.05, 4.69) is 35.6 Å². The Hall–Kier alpha value is -1.42. The molecule has 1 fully saturated rings. The molecule has 1 N–H and O–H groups in total. The molecular weight excluding hydrogens is 241 g/mol. The first-order valence-corrected chi connectivity index (χ1v) is 6.98. The molecule has 1 aromatic heterocycles. The lowest BCUT2D eigenvalue weighted by Gasteiger charge is -2.20. The van der Waals surface area contributed by atoms with Gasteiger partial charge in [0.1, 0.15) is 11.6 Å². The topological polar surface area (TPSA) is 29.9 Å². The molecule has 1 aliphatic heterocycles. The second-order valence-electron chi connectivity index (χ2n) is 5.76. The second kappa shape index (κ2) is 4.60. The summed E-state index contributed by atoms with van der Waals surface area (Å²) in [7, 11) is 0. The molecule has 0 bridgehead atoms. The number of benzene rings is 1. The zero-order valence-electron chi connectivity index (χ0n) is 11.7. The van der Waals surface area contributed by atoms with E-state index >= 15 is 0 Å². The monoisotopic (exact) mass is 261 g/mol. The quantitative estimate of drug-likeness (QED) is 0.897. The lowest BCUT2D eigenvalue weighted by atomic mass is 10.0. The smallest absolute Gasteiger partial charge is 0.127 e. The number of fused-ring (bicyclic) bond motifs is 1. The van der Waals surface area contributed by atoms with Crippen LogP contribution < -0.4 is 5.32 Å². The van der Waals surface area contributed by atoms with Gasteiger partial charge in [0, 0.05) is 12.1 Å². The van der Waals surface area contributed by atoms with E-state index in [0.717, 1.165) is 23.4 Å². The predicted octanol–water partition coefficient (Wildman–Crippen LogP) is 3.43. The molecule has 3 nitrogen and oxygen atoms in total. The van der Waals surface area contributed by atoms with Gasteiger partial charge in [-0.2, -0.15) is 0 Å². The van der Waals surface area contributed by atoms with Crippen LogP contribution in [0.5, 0.6) is 0 Å². The number of hydrogen-bond acceptors (Lipinski definition) is 2. The first kappa shape index (κ1) is 12.6. The lowest BCUT2D eigenvalue weighted by Crippen LogP contribution is -2.22. The third-order valence-corrected chi connectivity index (χ3v) is 4.01. The van der Waals surface area contributed by atoms with Crippen molar-refractivity contribution in [2.45, 2.75) is 39.3 Å². The number of halogens is 1. The van der Waals surface area contributed by atoms with Crippen molar-refractivity contribution in [1.82, 2.24) is 14.9 Å². The fourth-order valence-corrected chi connectivity index (χ4v) is 3.03. The molecule has 2 unspecified atom stereocenters. The van der Waals surface area contributed by atoms with Crippen molar-refractivity contribution in [3.63, 3.8) is 0 Å². The summed E-state index contributed by atoms with van der Waals surface area (Å²) < 4.78 is 15.6. The number of rotatable bonds is 2. The minimum Gasteiger partial charge on any atom is -0.324 e. The fraction of sp³-hybridized carbons (Fsp3) is 0.533. The second-order valence-corrected chi connectivity index (χ2v) is 5.76. The number of nitrogens with one attached hydrogen (secondary N) is 1. The van der Waals surface area contributed by atoms with Crippen molar-refractivity contribution in [3.8, 4) is 0 Å². The standard InChI is InChI=1S/C15H20FN3/c1-9(2)19-13-5-4-11(16)8-12(13)18-15(19)14-10(3)6-7-17-14/h4-5,8-10,14,17H,6-7H2,1-3H3. The van der Waals surface area contributed by atoms with Crippen LogP contribution in [0.2, 0.25) is 0 Å². The first-order chi connectivity index (χ1) is 9.08. The van der Waals surface area contributed by atoms with Crippen molar-refractivity contribution in [2.24, 2.45) is 5.92 Å². The molecule has 0 saturated carbocycles. The summed E-state index contributed by atoms with van der Waals surface area (Å²) in [6.45, 7) is 7.57. The van der Waals surface area contributed by atoms with E-state index in [0.29, 0.717) is 12.0 Å². The van der Waals surface area contributed by atoms with E-state index in [1.165, 1.54) is 18.6 Å². The van der Waals surface area contributed by atoms with E-state index in [1.54, 1.807) is 0 Å². The maximum absolute atomic E-state index is 13.4. The molecule has 0 radical (unpaired) electrons. The van der Waals surface area contributed by atoms with Gasteiger partial charge >= 0.3 is 0 Å². The average molecular weight is 261 g/mol. The molecule has 4 heteroatoms. The molecule has 102 valence electrons. The zero-order valence-corrected chi connectivity index (χ0v) is 11.7. The third-order valence-electron chi connectivity index (χ3n) is 4.01. The molecule has 0 spiro atoms. The summed E-state index contributed by atoms with van der Waals surface area (Å²) in [5, 5.41) is 3.52. The van der Waals surface area contributed by atoms with Gasteiger partial charge < -0.3 is 9.88 Å². The van der Waals surface area contributed by atoms with Crippen LogP contribution in [0.1, 0.15) is 45.1 Å². The molecule has 19 heavy (non-hydrogen) atoms. The molecule has 2 aromatic rings. The van der Waals surface area contributed by atoms with Crippen molar-refractivity contribution in [3.05, 3.63) is 29.8 Å². The highest BCUT2D eigenvalue weighted by molar-refractivity contribution is 5.76. The van der Waals surface area contributed by atoms with Gasteiger partial charge in [-0.25, -0.2) is 9.37 Å². The van der Waals surface area contributed by atoms with Gasteiger partial charge in [0.2, 0.25) is 0 Å². The Balaban J connectivity index is 2.19. The molecular formula is C15H20FN3. The van der Waals surface area contributed by atoms with E-state index in [-0.39, 0.29) is 11.9 Å². The summed E-state index contributed by atoms with van der Waals surface area (Å²) in [5.41, 5.74) is 1.77. The highest BCUT2D eigenvalue weighted by atomic mass is 19.1. The van der Waals surface area contributed by atoms with Gasteiger partial charge in [-0.05, 0) is 44.9 Å². The van der Waals surface area contributed by atoms with Crippen LogP contribution in [0.3, 0.4) is 0 Å². The maximum Gasteiger partial charge on any atom is 0.127 e. The highest BCUT2D eigenvalue weighted by Crippen LogP contribution is 2.32. The third kappa shape index (κ3) is 2.04. The van der Waals surface area contributed by atoms with Crippen LogP contribution in [0.15, 0.2) is 18.2 Å². The van der Waals surface area contributed by atoms with Crippen LogP contribution in [0, 0.1) is 11.7 Å². The summed E-state index contributed by atoms with van der Waals surface area (Å²) in [4.78, 5) is 4.69. The number of aromatic nitrogens is 2. The fourth-order valence-electron chi connectivity index (χ4n) is 3.03. The molecule has 1 aromatic carbocycles. The Bertz CT molecular complexity index is 603. The molecule has 3 rings (SSSR count). The van der Waals surface area contributed by atoms with Crippen LogP contribution in [-0.4, -0.2) is 16.1 Å². The van der Waals surface area contributed by atoms with E-state index in [4.69, 9.17) is 0 Å². The molecule has 0 aliphatic carbocycles. The molecule has 1 saturated heterocycles. The predicted molar refractivity (Wildman–Crippen MR) is 74.6 cm³/mol. The van der Waals surface area contributed by atoms with E-state index < -0.39 is 0 Å². The van der Waals surface area contributed by atoms with Crippen molar-refractivity contribution < 1.29 is 4.39 Å². The van der Waals surface area contributed by atoms with Crippen molar-refractivity contribution in [2.75, 3.05) is 6.54 Å². The van der Waals surface area contributed by atoms with Crippen LogP contribution in [-0.2, 0) is 0 Å². The number of hydrogen-bond donors (Lipinski definition) is 1.